The molecule has 0 N–H and O–H groups in total. The average molecular weight is 374 g/mol. The van der Waals surface area contributed by atoms with E-state index in [1.54, 1.807) is 11.4 Å². The topological polar surface area (TPSA) is 46.6 Å². The van der Waals surface area contributed by atoms with Crippen molar-refractivity contribution in [2.24, 2.45) is 5.92 Å². The van der Waals surface area contributed by atoms with E-state index in [-0.39, 0.29) is 11.9 Å². The smallest absolute Gasteiger partial charge is 0.218 e. The van der Waals surface area contributed by atoms with Crippen LogP contribution < -0.4 is 0 Å². The highest BCUT2D eigenvalue weighted by Crippen LogP contribution is 2.34. The SMILES string of the molecule is COC(c1ccccc1)C1CCN(S(=O)(=O)Cc2cccc(C)c2)CC1. The van der Waals surface area contributed by atoms with E-state index in [4.69, 9.17) is 4.74 Å². The predicted octanol–water partition coefficient (Wildman–Crippen LogP) is 3.92. The Morgan fingerprint density at radius 1 is 1.08 bits per heavy atom. The fourth-order valence-corrected chi connectivity index (χ4v) is 5.35. The molecule has 0 bridgehead atoms. The summed E-state index contributed by atoms with van der Waals surface area (Å²) >= 11 is 0. The van der Waals surface area contributed by atoms with Gasteiger partial charge in [-0.1, -0.05) is 60.2 Å². The summed E-state index contributed by atoms with van der Waals surface area (Å²) in [5.74, 6) is 0.416. The zero-order valence-electron chi connectivity index (χ0n) is 15.5. The van der Waals surface area contributed by atoms with Crippen molar-refractivity contribution < 1.29 is 13.2 Å². The van der Waals surface area contributed by atoms with Crippen molar-refractivity contribution >= 4 is 10.0 Å². The molecule has 140 valence electrons. The minimum atomic E-state index is -3.28. The molecule has 0 saturated carbocycles. The van der Waals surface area contributed by atoms with Gasteiger partial charge >= 0.3 is 0 Å². The summed E-state index contributed by atoms with van der Waals surface area (Å²) in [5, 5.41) is 0. The lowest BCUT2D eigenvalue weighted by atomic mass is 9.88. The van der Waals surface area contributed by atoms with E-state index in [9.17, 15) is 8.42 Å². The molecule has 0 radical (unpaired) electrons. The van der Waals surface area contributed by atoms with E-state index in [2.05, 4.69) is 12.1 Å². The Hall–Kier alpha value is -1.69. The minimum absolute atomic E-state index is 0.0258. The maximum atomic E-state index is 12.8. The van der Waals surface area contributed by atoms with Crippen LogP contribution >= 0.6 is 0 Å². The summed E-state index contributed by atoms with van der Waals surface area (Å²) in [6.07, 6.45) is 1.67. The molecule has 1 fully saturated rings. The molecule has 5 heteroatoms. The van der Waals surface area contributed by atoms with Crippen molar-refractivity contribution in [1.82, 2.24) is 4.31 Å². The normalized spacial score (nSPS) is 17.9. The van der Waals surface area contributed by atoms with Gasteiger partial charge in [0.05, 0.1) is 11.9 Å². The maximum Gasteiger partial charge on any atom is 0.218 e. The number of ether oxygens (including phenoxy) is 1. The molecule has 1 saturated heterocycles. The summed E-state index contributed by atoms with van der Waals surface area (Å²) in [6.45, 7) is 3.10. The fraction of sp³-hybridized carbons (Fsp3) is 0.429. The third-order valence-electron chi connectivity index (χ3n) is 5.13. The first-order chi connectivity index (χ1) is 12.5. The molecule has 1 heterocycles. The lowest BCUT2D eigenvalue weighted by Crippen LogP contribution is -2.40. The summed E-state index contributed by atoms with van der Waals surface area (Å²) in [5.41, 5.74) is 3.10. The third-order valence-corrected chi connectivity index (χ3v) is 6.98. The number of nitrogens with zero attached hydrogens (tertiary/aromatic N) is 1. The second-order valence-electron chi connectivity index (χ2n) is 7.05. The van der Waals surface area contributed by atoms with E-state index in [0.29, 0.717) is 19.0 Å². The van der Waals surface area contributed by atoms with Crippen molar-refractivity contribution in [3.8, 4) is 0 Å². The Labute approximate surface area is 156 Å². The highest BCUT2D eigenvalue weighted by molar-refractivity contribution is 7.88. The summed E-state index contributed by atoms with van der Waals surface area (Å²) in [4.78, 5) is 0. The molecular formula is C21H27NO3S. The van der Waals surface area contributed by atoms with Gasteiger partial charge in [0.25, 0.3) is 0 Å². The standard InChI is InChI=1S/C21H27NO3S/c1-17-7-6-8-18(15-17)16-26(23,24)22-13-11-20(12-14-22)21(25-2)19-9-4-3-5-10-19/h3-10,15,20-21H,11-14,16H2,1-2H3. The predicted molar refractivity (Wildman–Crippen MR) is 104 cm³/mol. The number of aryl methyl sites for hydroxylation is 1. The van der Waals surface area contributed by atoms with Gasteiger partial charge in [0.15, 0.2) is 0 Å². The molecular weight excluding hydrogens is 346 g/mol. The molecule has 1 unspecified atom stereocenters. The van der Waals surface area contributed by atoms with Crippen LogP contribution in [0.1, 0.15) is 35.6 Å². The molecule has 2 aromatic carbocycles. The second kappa shape index (κ2) is 8.33. The van der Waals surface area contributed by atoms with Crippen molar-refractivity contribution in [2.75, 3.05) is 20.2 Å². The highest BCUT2D eigenvalue weighted by atomic mass is 32.2. The van der Waals surface area contributed by atoms with Crippen LogP contribution in [0, 0.1) is 12.8 Å². The van der Waals surface area contributed by atoms with Crippen LogP contribution in [0.5, 0.6) is 0 Å². The van der Waals surface area contributed by atoms with Crippen molar-refractivity contribution in [2.45, 2.75) is 31.6 Å². The van der Waals surface area contributed by atoms with Gasteiger partial charge < -0.3 is 4.74 Å². The van der Waals surface area contributed by atoms with E-state index < -0.39 is 10.0 Å². The fourth-order valence-electron chi connectivity index (χ4n) is 3.80. The number of hydrogen-bond donors (Lipinski definition) is 0. The summed E-state index contributed by atoms with van der Waals surface area (Å²) < 4.78 is 32.9. The second-order valence-corrected chi connectivity index (χ2v) is 9.02. The van der Waals surface area contributed by atoms with Crippen LogP contribution in [0.3, 0.4) is 0 Å². The van der Waals surface area contributed by atoms with Gasteiger partial charge in [-0.2, -0.15) is 0 Å². The first-order valence-electron chi connectivity index (χ1n) is 9.11. The van der Waals surface area contributed by atoms with Crippen molar-refractivity contribution in [3.63, 3.8) is 0 Å². The Morgan fingerprint density at radius 2 is 1.77 bits per heavy atom. The molecule has 1 aliphatic heterocycles. The Balaban J connectivity index is 1.64. The van der Waals surface area contributed by atoms with Crippen LogP contribution in [-0.4, -0.2) is 32.9 Å². The Morgan fingerprint density at radius 3 is 2.38 bits per heavy atom. The Kier molecular flexibility index (Phi) is 6.12. The molecule has 0 aromatic heterocycles. The van der Waals surface area contributed by atoms with E-state index in [0.717, 1.165) is 29.5 Å². The molecule has 1 aliphatic rings. The molecule has 26 heavy (non-hydrogen) atoms. The maximum absolute atomic E-state index is 12.8. The van der Waals surface area contributed by atoms with Crippen molar-refractivity contribution in [3.05, 3.63) is 71.3 Å². The highest BCUT2D eigenvalue weighted by Gasteiger charge is 2.32. The molecule has 0 spiro atoms. The number of sulfonamides is 1. The van der Waals surface area contributed by atoms with Gasteiger partial charge in [-0.25, -0.2) is 12.7 Å². The zero-order chi connectivity index (χ0) is 18.6. The van der Waals surface area contributed by atoms with E-state index >= 15 is 0 Å². The van der Waals surface area contributed by atoms with Crippen LogP contribution in [0.25, 0.3) is 0 Å². The van der Waals surface area contributed by atoms with Gasteiger partial charge in [0, 0.05) is 20.2 Å². The number of methoxy groups -OCH3 is 1. The van der Waals surface area contributed by atoms with E-state index in [1.165, 1.54) is 0 Å². The van der Waals surface area contributed by atoms with Gasteiger partial charge in [0.1, 0.15) is 0 Å². The molecule has 1 atom stereocenters. The molecule has 0 aliphatic carbocycles. The lowest BCUT2D eigenvalue weighted by Gasteiger charge is -2.35. The van der Waals surface area contributed by atoms with Gasteiger partial charge in [-0.3, -0.25) is 0 Å². The first-order valence-corrected chi connectivity index (χ1v) is 10.7. The van der Waals surface area contributed by atoms with Crippen LogP contribution in [0.15, 0.2) is 54.6 Å². The molecule has 3 rings (SSSR count). The van der Waals surface area contributed by atoms with Crippen molar-refractivity contribution in [1.29, 1.82) is 0 Å². The molecule has 0 amide bonds. The summed E-state index contributed by atoms with van der Waals surface area (Å²) in [6, 6.07) is 17.9. The van der Waals surface area contributed by atoms with Gasteiger partial charge in [-0.15, -0.1) is 0 Å². The van der Waals surface area contributed by atoms with Gasteiger partial charge in [-0.05, 0) is 36.8 Å². The molecule has 2 aromatic rings. The van der Waals surface area contributed by atoms with Gasteiger partial charge in [0.2, 0.25) is 10.0 Å². The summed E-state index contributed by atoms with van der Waals surface area (Å²) in [7, 11) is -1.55. The molecule has 4 nitrogen and oxygen atoms in total. The van der Waals surface area contributed by atoms with E-state index in [1.807, 2.05) is 49.4 Å². The van der Waals surface area contributed by atoms with Crippen LogP contribution in [0.2, 0.25) is 0 Å². The Bertz CT molecular complexity index is 812. The number of rotatable bonds is 6. The van der Waals surface area contributed by atoms with Crippen LogP contribution in [0.4, 0.5) is 0 Å². The number of benzene rings is 2. The van der Waals surface area contributed by atoms with Crippen LogP contribution in [-0.2, 0) is 20.5 Å². The lowest BCUT2D eigenvalue weighted by molar-refractivity contribution is 0.0303. The quantitative estimate of drug-likeness (QED) is 0.771. The minimum Gasteiger partial charge on any atom is -0.376 e. The monoisotopic (exact) mass is 373 g/mol. The number of hydrogen-bond acceptors (Lipinski definition) is 3. The average Bonchev–Trinajstić information content (AvgIpc) is 2.63. The zero-order valence-corrected chi connectivity index (χ0v) is 16.3. The largest absolute Gasteiger partial charge is 0.376 e. The first kappa shape index (κ1) is 19.1. The number of piperidine rings is 1. The third kappa shape index (κ3) is 4.53.